The number of rotatable bonds is 6. The molecule has 1 aromatic heterocycles. The van der Waals surface area contributed by atoms with E-state index in [1.54, 1.807) is 0 Å². The van der Waals surface area contributed by atoms with Gasteiger partial charge in [0.05, 0.1) is 23.9 Å². The Hall–Kier alpha value is -3.43. The fourth-order valence-corrected chi connectivity index (χ4v) is 2.17. The van der Waals surface area contributed by atoms with E-state index in [9.17, 15) is 20.0 Å². The highest BCUT2D eigenvalue weighted by atomic mass is 16.6. The average Bonchev–Trinajstić information content (AvgIpc) is 2.85. The van der Waals surface area contributed by atoms with E-state index >= 15 is 0 Å². The molecule has 0 spiro atoms. The van der Waals surface area contributed by atoms with E-state index in [0.29, 0.717) is 0 Å². The van der Waals surface area contributed by atoms with Gasteiger partial charge in [-0.1, -0.05) is 0 Å². The smallest absolute Gasteiger partial charge is 0.315 e. The lowest BCUT2D eigenvalue weighted by Gasteiger charge is -2.05. The van der Waals surface area contributed by atoms with Gasteiger partial charge in [-0.25, -0.2) is 5.43 Å². The van der Waals surface area contributed by atoms with E-state index < -0.39 is 22.3 Å². The summed E-state index contributed by atoms with van der Waals surface area (Å²) in [5.74, 6) is -1.04. The maximum absolute atomic E-state index is 11.9. The third-order valence-corrected chi connectivity index (χ3v) is 3.29. The number of methoxy groups -OCH3 is 1. The molecule has 1 aromatic carbocycles. The summed E-state index contributed by atoms with van der Waals surface area (Å²) < 4.78 is 6.42. The summed E-state index contributed by atoms with van der Waals surface area (Å²) in [6.45, 7) is 3.65. The Kier molecular flexibility index (Phi) is 5.32. The first-order valence-corrected chi connectivity index (χ1v) is 7.20. The zero-order valence-electron chi connectivity index (χ0n) is 13.9. The number of phenolic OH excluding ortho intramolecular Hbond substituents is 1. The summed E-state index contributed by atoms with van der Waals surface area (Å²) in [7, 11) is 1.27. The van der Waals surface area contributed by atoms with E-state index in [0.717, 1.165) is 17.5 Å². The van der Waals surface area contributed by atoms with Gasteiger partial charge in [0, 0.05) is 17.3 Å². The van der Waals surface area contributed by atoms with Gasteiger partial charge in [-0.15, -0.1) is 0 Å². The van der Waals surface area contributed by atoms with Crippen molar-refractivity contribution < 1.29 is 19.6 Å². The molecular weight excluding hydrogens is 330 g/mol. The van der Waals surface area contributed by atoms with Crippen LogP contribution in [0.1, 0.15) is 17.0 Å². The lowest BCUT2D eigenvalue weighted by atomic mass is 10.2. The molecule has 0 atom stereocenters. The van der Waals surface area contributed by atoms with E-state index in [2.05, 4.69) is 15.6 Å². The van der Waals surface area contributed by atoms with Crippen LogP contribution in [0.2, 0.25) is 0 Å². The zero-order chi connectivity index (χ0) is 18.6. The molecule has 0 aliphatic rings. The van der Waals surface area contributed by atoms with Gasteiger partial charge in [-0.05, 0) is 26.0 Å². The number of hydrogen-bond donors (Lipinski definition) is 2. The molecule has 1 heterocycles. The number of aromatic hydroxyl groups is 1. The van der Waals surface area contributed by atoms with E-state index in [1.165, 1.54) is 24.1 Å². The SMILES string of the molecule is COc1cc(/C=N\NC(=O)Cn2nc(C)cc2C)cc([N+](=O)[O-])c1O. The fourth-order valence-electron chi connectivity index (χ4n) is 2.17. The summed E-state index contributed by atoms with van der Waals surface area (Å²) in [4.78, 5) is 22.0. The standard InChI is InChI=1S/C15H17N5O5/c1-9-4-10(2)19(18-9)8-14(21)17-16-7-11-5-12(20(23)24)15(22)13(6-11)25-3/h4-7,22H,8H2,1-3H3,(H,17,21)/b16-7-. The number of nitrogens with one attached hydrogen (secondary N) is 1. The van der Waals surface area contributed by atoms with Gasteiger partial charge in [0.1, 0.15) is 6.54 Å². The Morgan fingerprint density at radius 2 is 2.20 bits per heavy atom. The average molecular weight is 347 g/mol. The quantitative estimate of drug-likeness (QED) is 0.459. The second-order valence-corrected chi connectivity index (χ2v) is 5.23. The van der Waals surface area contributed by atoms with Crippen molar-refractivity contribution in [2.45, 2.75) is 20.4 Å². The molecule has 25 heavy (non-hydrogen) atoms. The van der Waals surface area contributed by atoms with Gasteiger partial charge >= 0.3 is 5.69 Å². The zero-order valence-corrected chi connectivity index (χ0v) is 13.9. The first kappa shape index (κ1) is 17.9. The Labute approximate surface area is 142 Å². The highest BCUT2D eigenvalue weighted by Gasteiger charge is 2.19. The minimum atomic E-state index is -0.739. The molecule has 0 aliphatic carbocycles. The van der Waals surface area contributed by atoms with Crippen LogP contribution in [0.15, 0.2) is 23.3 Å². The van der Waals surface area contributed by atoms with E-state index in [4.69, 9.17) is 4.74 Å². The summed E-state index contributed by atoms with van der Waals surface area (Å²) in [5.41, 5.74) is 3.73. The number of hydrazone groups is 1. The van der Waals surface area contributed by atoms with Crippen molar-refractivity contribution in [2.75, 3.05) is 7.11 Å². The first-order valence-electron chi connectivity index (χ1n) is 7.20. The van der Waals surface area contributed by atoms with Gasteiger partial charge in [-0.3, -0.25) is 19.6 Å². The summed E-state index contributed by atoms with van der Waals surface area (Å²) in [5, 5.41) is 28.5. The monoisotopic (exact) mass is 347 g/mol. The number of nitro benzene ring substituents is 1. The molecule has 2 aromatic rings. The largest absolute Gasteiger partial charge is 0.500 e. The number of aryl methyl sites for hydroxylation is 2. The number of carbonyl (C=O) groups is 1. The lowest BCUT2D eigenvalue weighted by molar-refractivity contribution is -0.386. The third-order valence-electron chi connectivity index (χ3n) is 3.29. The fraction of sp³-hybridized carbons (Fsp3) is 0.267. The van der Waals surface area contributed by atoms with Gasteiger partial charge in [-0.2, -0.15) is 10.2 Å². The highest BCUT2D eigenvalue weighted by Crippen LogP contribution is 2.36. The maximum atomic E-state index is 11.9. The minimum absolute atomic E-state index is 0.00391. The van der Waals surface area contributed by atoms with Crippen LogP contribution in [-0.2, 0) is 11.3 Å². The molecular formula is C15H17N5O5. The molecule has 0 aliphatic heterocycles. The second kappa shape index (κ2) is 7.43. The number of nitro groups is 1. The summed E-state index contributed by atoms with van der Waals surface area (Å²) in [6.07, 6.45) is 1.22. The van der Waals surface area contributed by atoms with Crippen molar-refractivity contribution in [3.05, 3.63) is 45.3 Å². The van der Waals surface area contributed by atoms with Crippen LogP contribution in [0.5, 0.6) is 11.5 Å². The van der Waals surface area contributed by atoms with Crippen molar-refractivity contribution in [1.82, 2.24) is 15.2 Å². The van der Waals surface area contributed by atoms with Gasteiger partial charge < -0.3 is 9.84 Å². The van der Waals surface area contributed by atoms with E-state index in [1.807, 2.05) is 19.9 Å². The molecule has 10 nitrogen and oxygen atoms in total. The van der Waals surface area contributed by atoms with Crippen molar-refractivity contribution in [2.24, 2.45) is 5.10 Å². The Morgan fingerprint density at radius 1 is 1.48 bits per heavy atom. The number of aromatic nitrogens is 2. The molecule has 2 N–H and O–H groups in total. The topological polar surface area (TPSA) is 132 Å². The Bertz CT molecular complexity index is 843. The molecule has 0 unspecified atom stereocenters. The summed E-state index contributed by atoms with van der Waals surface area (Å²) >= 11 is 0. The summed E-state index contributed by atoms with van der Waals surface area (Å²) in [6, 6.07) is 4.33. The number of ether oxygens (including phenoxy) is 1. The first-order chi connectivity index (χ1) is 11.8. The lowest BCUT2D eigenvalue weighted by Crippen LogP contribution is -2.24. The number of amides is 1. The number of carbonyl (C=O) groups excluding carboxylic acids is 1. The van der Waals surface area contributed by atoms with Crippen molar-refractivity contribution in [3.8, 4) is 11.5 Å². The van der Waals surface area contributed by atoms with Gasteiger partial charge in [0.2, 0.25) is 5.75 Å². The Balaban J connectivity index is 2.08. The van der Waals surface area contributed by atoms with E-state index in [-0.39, 0.29) is 17.9 Å². The maximum Gasteiger partial charge on any atom is 0.315 e. The van der Waals surface area contributed by atoms with Gasteiger partial charge in [0.15, 0.2) is 5.75 Å². The number of benzene rings is 1. The van der Waals surface area contributed by atoms with Crippen LogP contribution in [0.25, 0.3) is 0 Å². The molecule has 1 amide bonds. The second-order valence-electron chi connectivity index (χ2n) is 5.23. The predicted molar refractivity (Wildman–Crippen MR) is 88.8 cm³/mol. The molecule has 2 rings (SSSR count). The molecule has 0 saturated carbocycles. The Morgan fingerprint density at radius 3 is 2.76 bits per heavy atom. The third kappa shape index (κ3) is 4.31. The predicted octanol–water partition coefficient (Wildman–Crippen LogP) is 1.27. The van der Waals surface area contributed by atoms with Crippen LogP contribution in [-0.4, -0.2) is 39.0 Å². The molecule has 0 bridgehead atoms. The molecule has 0 fully saturated rings. The molecule has 10 heteroatoms. The van der Waals surface area contributed by atoms with Crippen LogP contribution >= 0.6 is 0 Å². The highest BCUT2D eigenvalue weighted by molar-refractivity contribution is 5.84. The molecule has 132 valence electrons. The van der Waals surface area contributed by atoms with Crippen LogP contribution in [0.3, 0.4) is 0 Å². The number of nitrogens with zero attached hydrogens (tertiary/aromatic N) is 4. The normalized spacial score (nSPS) is 10.8. The van der Waals surface area contributed by atoms with Gasteiger partial charge in [0.25, 0.3) is 5.91 Å². The van der Waals surface area contributed by atoms with Crippen LogP contribution in [0.4, 0.5) is 5.69 Å². The van der Waals surface area contributed by atoms with Crippen LogP contribution < -0.4 is 10.2 Å². The number of hydrogen-bond acceptors (Lipinski definition) is 7. The van der Waals surface area contributed by atoms with Crippen molar-refractivity contribution in [3.63, 3.8) is 0 Å². The minimum Gasteiger partial charge on any atom is -0.500 e. The van der Waals surface area contributed by atoms with Crippen molar-refractivity contribution >= 4 is 17.8 Å². The molecule has 0 saturated heterocycles. The van der Waals surface area contributed by atoms with Crippen molar-refractivity contribution in [1.29, 1.82) is 0 Å². The number of phenols is 1. The molecule has 0 radical (unpaired) electrons. The van der Waals surface area contributed by atoms with Crippen LogP contribution in [0, 0.1) is 24.0 Å².